The Morgan fingerprint density at radius 1 is 0.841 bits per heavy atom. The van der Waals surface area contributed by atoms with Gasteiger partial charge in [0.25, 0.3) is 0 Å². The molecule has 2 aromatic carbocycles. The molecule has 0 spiro atoms. The zero-order valence-electron chi connectivity index (χ0n) is 26.1. The van der Waals surface area contributed by atoms with Gasteiger partial charge < -0.3 is 25.3 Å². The van der Waals surface area contributed by atoms with Gasteiger partial charge in [0.1, 0.15) is 17.5 Å². The van der Waals surface area contributed by atoms with Gasteiger partial charge in [0.2, 0.25) is 5.95 Å². The third-order valence-corrected chi connectivity index (χ3v) is 9.94. The number of rotatable bonds is 7. The normalized spacial score (nSPS) is 22.0. The van der Waals surface area contributed by atoms with Gasteiger partial charge in [-0.25, -0.2) is 4.39 Å². The maximum absolute atomic E-state index is 13.7. The largest absolute Gasteiger partial charge is 0.368 e. The highest BCUT2D eigenvalue weighted by Gasteiger charge is 2.34. The van der Waals surface area contributed by atoms with Gasteiger partial charge in [0, 0.05) is 63.0 Å². The van der Waals surface area contributed by atoms with Crippen molar-refractivity contribution in [3.63, 3.8) is 0 Å². The summed E-state index contributed by atoms with van der Waals surface area (Å²) in [4.78, 5) is 17.2. The Hall–Kier alpha value is -3.46. The Morgan fingerprint density at radius 2 is 1.45 bits per heavy atom. The maximum atomic E-state index is 13.7. The molecule has 6 rings (SSSR count). The van der Waals surface area contributed by atoms with E-state index < -0.39 is 0 Å². The van der Waals surface area contributed by atoms with E-state index in [4.69, 9.17) is 22.2 Å². The Bertz CT molecular complexity index is 1380. The summed E-state index contributed by atoms with van der Waals surface area (Å²) in [6, 6.07) is 19.8. The van der Waals surface area contributed by atoms with Crippen molar-refractivity contribution in [3.05, 3.63) is 72.0 Å². The molecule has 2 aliphatic heterocycles. The maximum Gasteiger partial charge on any atom is 0.232 e. The van der Waals surface area contributed by atoms with Gasteiger partial charge in [0.15, 0.2) is 5.11 Å². The van der Waals surface area contributed by atoms with Crippen LogP contribution in [0.4, 0.5) is 27.7 Å². The van der Waals surface area contributed by atoms with Crippen LogP contribution in [0.5, 0.6) is 0 Å². The van der Waals surface area contributed by atoms with Gasteiger partial charge in [-0.2, -0.15) is 9.97 Å². The first-order valence-electron chi connectivity index (χ1n) is 16.4. The molecule has 3 fully saturated rings. The molecule has 3 aliphatic rings. The number of benzene rings is 2. The molecule has 0 amide bonds. The van der Waals surface area contributed by atoms with E-state index in [1.165, 1.54) is 24.1 Å². The topological polar surface area (TPSA) is 59.6 Å². The quantitative estimate of drug-likeness (QED) is 0.288. The molecular formula is C35H46FN7S. The van der Waals surface area contributed by atoms with E-state index in [0.717, 1.165) is 76.6 Å². The number of hydrogen-bond acceptors (Lipinski definition) is 6. The van der Waals surface area contributed by atoms with E-state index in [0.29, 0.717) is 29.4 Å². The lowest BCUT2D eigenvalue weighted by molar-refractivity contribution is 0.292. The Labute approximate surface area is 267 Å². The summed E-state index contributed by atoms with van der Waals surface area (Å²) in [5, 5.41) is 7.38. The van der Waals surface area contributed by atoms with Crippen LogP contribution >= 0.6 is 12.2 Å². The van der Waals surface area contributed by atoms with Crippen molar-refractivity contribution in [2.24, 2.45) is 11.8 Å². The van der Waals surface area contributed by atoms with Crippen LogP contribution in [0.15, 0.2) is 60.7 Å². The highest BCUT2D eigenvalue weighted by atomic mass is 32.1. The second-order valence-corrected chi connectivity index (χ2v) is 13.6. The number of anilines is 4. The fourth-order valence-electron chi connectivity index (χ4n) is 7.48. The van der Waals surface area contributed by atoms with Crippen molar-refractivity contribution >= 4 is 40.6 Å². The molecule has 0 bridgehead atoms. The van der Waals surface area contributed by atoms with Gasteiger partial charge in [0.05, 0.1) is 0 Å². The molecule has 0 radical (unpaired) electrons. The van der Waals surface area contributed by atoms with Crippen molar-refractivity contribution in [3.8, 4) is 0 Å². The monoisotopic (exact) mass is 615 g/mol. The summed E-state index contributed by atoms with van der Waals surface area (Å²) in [7, 11) is 0. The van der Waals surface area contributed by atoms with Crippen LogP contribution < -0.4 is 25.3 Å². The number of para-hydroxylation sites is 1. The van der Waals surface area contributed by atoms with Gasteiger partial charge in [-0.05, 0) is 73.1 Å². The number of thiocarbonyl (C=S) groups is 1. The van der Waals surface area contributed by atoms with Crippen molar-refractivity contribution in [1.82, 2.24) is 15.3 Å². The van der Waals surface area contributed by atoms with Gasteiger partial charge in [-0.3, -0.25) is 0 Å². The van der Waals surface area contributed by atoms with Crippen LogP contribution in [0.2, 0.25) is 0 Å². The van der Waals surface area contributed by atoms with E-state index in [1.54, 1.807) is 12.1 Å². The minimum Gasteiger partial charge on any atom is -0.368 e. The molecule has 1 aromatic heterocycles. The predicted molar refractivity (Wildman–Crippen MR) is 183 cm³/mol. The second kappa shape index (κ2) is 13.7. The molecular weight excluding hydrogens is 569 g/mol. The number of aromatic nitrogens is 2. The molecule has 2 saturated heterocycles. The SMILES string of the molecule is C[C@@H]1C[C@@H](C)CN(c2cc(N3CCN(c4ccccc4)CC3)nc(NC(=S)NCC3(c4ccc(F)cc4)CCCCC3)n2)C1. The Kier molecular flexibility index (Phi) is 9.50. The zero-order valence-corrected chi connectivity index (χ0v) is 27.0. The van der Waals surface area contributed by atoms with Crippen LogP contribution in [0.3, 0.4) is 0 Å². The number of hydrogen-bond donors (Lipinski definition) is 2. The minimum atomic E-state index is -0.198. The molecule has 3 heterocycles. The van der Waals surface area contributed by atoms with Crippen LogP contribution in [0.25, 0.3) is 0 Å². The zero-order chi connectivity index (χ0) is 30.5. The molecule has 1 aliphatic carbocycles. The van der Waals surface area contributed by atoms with Gasteiger partial charge >= 0.3 is 0 Å². The Balaban J connectivity index is 1.19. The highest BCUT2D eigenvalue weighted by molar-refractivity contribution is 7.80. The van der Waals surface area contributed by atoms with Crippen LogP contribution in [0.1, 0.15) is 57.9 Å². The molecule has 234 valence electrons. The molecule has 3 aromatic rings. The van der Waals surface area contributed by atoms with Crippen molar-refractivity contribution in [1.29, 1.82) is 0 Å². The first-order chi connectivity index (χ1) is 21.4. The smallest absolute Gasteiger partial charge is 0.232 e. The van der Waals surface area contributed by atoms with E-state index in [9.17, 15) is 4.39 Å². The molecule has 2 atom stereocenters. The predicted octanol–water partition coefficient (Wildman–Crippen LogP) is 6.61. The van der Waals surface area contributed by atoms with Crippen molar-refractivity contribution in [2.75, 3.05) is 65.8 Å². The third kappa shape index (κ3) is 7.25. The Morgan fingerprint density at radius 3 is 2.11 bits per heavy atom. The number of nitrogens with one attached hydrogen (secondary N) is 2. The average Bonchev–Trinajstić information content (AvgIpc) is 3.04. The summed E-state index contributed by atoms with van der Waals surface area (Å²) in [6.45, 7) is 11.0. The molecule has 44 heavy (non-hydrogen) atoms. The first-order valence-corrected chi connectivity index (χ1v) is 16.8. The molecule has 9 heteroatoms. The summed E-state index contributed by atoms with van der Waals surface area (Å²) >= 11 is 5.84. The number of piperidine rings is 1. The summed E-state index contributed by atoms with van der Waals surface area (Å²) in [5.41, 5.74) is 2.38. The lowest BCUT2D eigenvalue weighted by Gasteiger charge is -2.39. The third-order valence-electron chi connectivity index (χ3n) is 9.70. The fourth-order valence-corrected chi connectivity index (χ4v) is 7.64. The first kappa shape index (κ1) is 30.6. The highest BCUT2D eigenvalue weighted by Crippen LogP contribution is 2.39. The average molecular weight is 616 g/mol. The summed E-state index contributed by atoms with van der Waals surface area (Å²) in [5.74, 6) is 3.46. The van der Waals surface area contributed by atoms with E-state index in [-0.39, 0.29) is 11.2 Å². The van der Waals surface area contributed by atoms with E-state index >= 15 is 0 Å². The lowest BCUT2D eigenvalue weighted by atomic mass is 9.69. The molecule has 1 saturated carbocycles. The molecule has 2 N–H and O–H groups in total. The second-order valence-electron chi connectivity index (χ2n) is 13.2. The standard InChI is InChI=1S/C35H46FN7S/c1-26-21-27(2)24-43(23-26)32-22-31(42-19-17-41(18-20-42)30-9-5-3-6-10-30)38-33(39-32)40-34(44)37-25-35(15-7-4-8-16-35)28-11-13-29(36)14-12-28/h3,5-6,9-14,22,26-27H,4,7-8,15-21,23-25H2,1-2H3,(H2,37,38,39,40,44)/t26-,27-/m1/s1. The number of nitrogens with zero attached hydrogens (tertiary/aromatic N) is 5. The van der Waals surface area contributed by atoms with Crippen molar-refractivity contribution in [2.45, 2.75) is 57.8 Å². The number of halogens is 1. The van der Waals surface area contributed by atoms with Gasteiger partial charge in [-0.1, -0.05) is 63.4 Å². The van der Waals surface area contributed by atoms with Crippen LogP contribution in [0, 0.1) is 17.7 Å². The summed E-state index contributed by atoms with van der Waals surface area (Å²) < 4.78 is 13.7. The minimum absolute atomic E-state index is 0.0654. The molecule has 7 nitrogen and oxygen atoms in total. The fraction of sp³-hybridized carbons (Fsp3) is 0.514. The number of piperazine rings is 1. The summed E-state index contributed by atoms with van der Waals surface area (Å²) in [6.07, 6.45) is 6.93. The lowest BCUT2D eigenvalue weighted by Crippen LogP contribution is -2.47. The molecule has 0 unspecified atom stereocenters. The van der Waals surface area contributed by atoms with Gasteiger partial charge in [-0.15, -0.1) is 0 Å². The van der Waals surface area contributed by atoms with Crippen molar-refractivity contribution < 1.29 is 4.39 Å². The van der Waals surface area contributed by atoms with Crippen LogP contribution in [-0.4, -0.2) is 60.9 Å². The van der Waals surface area contributed by atoms with E-state index in [2.05, 4.69) is 75.6 Å². The van der Waals surface area contributed by atoms with E-state index in [1.807, 2.05) is 12.1 Å². The van der Waals surface area contributed by atoms with Crippen LogP contribution in [-0.2, 0) is 5.41 Å².